The third-order valence-corrected chi connectivity index (χ3v) is 2.10. The Bertz CT molecular complexity index is 190. The first-order valence-electron chi connectivity index (χ1n) is 5.53. The van der Waals surface area contributed by atoms with Crippen molar-refractivity contribution in [1.29, 1.82) is 0 Å². The third-order valence-electron chi connectivity index (χ3n) is 1.75. The lowest BCUT2D eigenvalue weighted by Crippen LogP contribution is -2.37. The normalized spacial score (nSPS) is 11.3. The number of hydrogen-bond donors (Lipinski definition) is 0. The van der Waals surface area contributed by atoms with Crippen molar-refractivity contribution in [2.24, 2.45) is 0 Å². The summed E-state index contributed by atoms with van der Waals surface area (Å²) in [6.45, 7) is 9.25. The first-order valence-corrected chi connectivity index (χ1v) is 6.24. The molecule has 0 saturated carbocycles. The Morgan fingerprint density at radius 1 is 1.33 bits per heavy atom. The van der Waals surface area contributed by atoms with Gasteiger partial charge in [0.05, 0.1) is 0 Å². The monoisotopic (exact) mass is 228 g/mol. The molecule has 3 nitrogen and oxygen atoms in total. The average molecular weight is 228 g/mol. The Labute approximate surface area is 96.6 Å². The smallest absolute Gasteiger partial charge is 0.410 e. The van der Waals surface area contributed by atoms with Crippen LogP contribution in [0.1, 0.15) is 40.5 Å². The van der Waals surface area contributed by atoms with Crippen LogP contribution in [0.15, 0.2) is 0 Å². The number of amides is 1. The molecule has 87 valence electrons. The maximum Gasteiger partial charge on any atom is 0.410 e. The van der Waals surface area contributed by atoms with E-state index in [9.17, 15) is 4.79 Å². The summed E-state index contributed by atoms with van der Waals surface area (Å²) in [5.41, 5.74) is -0.406. The van der Waals surface area contributed by atoms with Gasteiger partial charge in [-0.25, -0.2) is 4.79 Å². The van der Waals surface area contributed by atoms with Crippen LogP contribution in [-0.4, -0.2) is 39.9 Å². The molecule has 0 spiro atoms. The van der Waals surface area contributed by atoms with Crippen molar-refractivity contribution >= 4 is 16.3 Å². The van der Waals surface area contributed by atoms with Gasteiger partial charge in [-0.1, -0.05) is 13.0 Å². The Morgan fingerprint density at radius 3 is 2.33 bits per heavy atom. The zero-order chi connectivity index (χ0) is 11.9. The van der Waals surface area contributed by atoms with Crippen LogP contribution in [-0.2, 0) is 4.74 Å². The van der Waals surface area contributed by atoms with Crippen molar-refractivity contribution in [2.75, 3.05) is 13.1 Å². The molecule has 0 aliphatic heterocycles. The summed E-state index contributed by atoms with van der Waals surface area (Å²) in [7, 11) is 3.41. The van der Waals surface area contributed by atoms with E-state index in [1.807, 2.05) is 20.8 Å². The van der Waals surface area contributed by atoms with E-state index in [4.69, 9.17) is 4.74 Å². The highest BCUT2D eigenvalue weighted by molar-refractivity contribution is 6.08. The Hall–Kier alpha value is -0.513. The minimum Gasteiger partial charge on any atom is -0.444 e. The van der Waals surface area contributed by atoms with E-state index in [1.54, 1.807) is 4.90 Å². The molecule has 0 aromatic heterocycles. The molecule has 0 atom stereocenters. The number of rotatable bonds is 5. The highest BCUT2D eigenvalue weighted by Gasteiger charge is 2.20. The van der Waals surface area contributed by atoms with Gasteiger partial charge in [-0.3, -0.25) is 0 Å². The van der Waals surface area contributed by atoms with Gasteiger partial charge >= 0.3 is 6.09 Å². The molecule has 3 radical (unpaired) electrons. The topological polar surface area (TPSA) is 29.5 Å². The van der Waals surface area contributed by atoms with Crippen LogP contribution in [0.25, 0.3) is 0 Å². The van der Waals surface area contributed by atoms with E-state index in [1.165, 1.54) is 0 Å². The highest BCUT2D eigenvalue weighted by Crippen LogP contribution is 2.10. The Morgan fingerprint density at radius 2 is 1.93 bits per heavy atom. The quantitative estimate of drug-likeness (QED) is 0.677. The van der Waals surface area contributed by atoms with Crippen molar-refractivity contribution in [3.8, 4) is 0 Å². The lowest BCUT2D eigenvalue weighted by molar-refractivity contribution is 0.0250. The van der Waals surface area contributed by atoms with Gasteiger partial charge in [-0.05, 0) is 33.6 Å². The SMILES string of the molecule is CCCN(CCC[Si])C(=O)OC(C)(C)C. The van der Waals surface area contributed by atoms with Crippen LogP contribution in [0.4, 0.5) is 4.79 Å². The van der Waals surface area contributed by atoms with Crippen molar-refractivity contribution in [3.63, 3.8) is 0 Å². The fourth-order valence-corrected chi connectivity index (χ4v) is 1.32. The van der Waals surface area contributed by atoms with Crippen molar-refractivity contribution in [2.45, 2.75) is 52.2 Å². The van der Waals surface area contributed by atoms with E-state index in [0.29, 0.717) is 0 Å². The predicted octanol–water partition coefficient (Wildman–Crippen LogP) is 2.61. The van der Waals surface area contributed by atoms with Gasteiger partial charge in [0.1, 0.15) is 5.60 Å². The first kappa shape index (κ1) is 14.5. The fraction of sp³-hybridized carbons (Fsp3) is 0.909. The number of nitrogens with zero attached hydrogens (tertiary/aromatic N) is 1. The lowest BCUT2D eigenvalue weighted by atomic mass is 10.2. The maximum atomic E-state index is 11.7. The molecular weight excluding hydrogens is 206 g/mol. The second-order valence-corrected chi connectivity index (χ2v) is 5.07. The van der Waals surface area contributed by atoms with E-state index in [2.05, 4.69) is 17.2 Å². The lowest BCUT2D eigenvalue weighted by Gasteiger charge is -2.27. The first-order chi connectivity index (χ1) is 6.90. The minimum atomic E-state index is -0.406. The molecule has 0 heterocycles. The standard InChI is InChI=1S/C11H22NO2Si/c1-5-7-12(8-6-9-15)10(13)14-11(2,3)4/h5-9H2,1-4H3. The number of carbonyl (C=O) groups is 1. The maximum absolute atomic E-state index is 11.7. The molecule has 0 bridgehead atoms. The zero-order valence-electron chi connectivity index (χ0n) is 10.3. The van der Waals surface area contributed by atoms with E-state index in [0.717, 1.165) is 32.0 Å². The summed E-state index contributed by atoms with van der Waals surface area (Å²) in [5, 5.41) is 0. The van der Waals surface area contributed by atoms with Gasteiger partial charge in [0.15, 0.2) is 0 Å². The minimum absolute atomic E-state index is 0.204. The molecule has 4 heteroatoms. The zero-order valence-corrected chi connectivity index (χ0v) is 11.3. The van der Waals surface area contributed by atoms with Crippen LogP contribution in [0.2, 0.25) is 6.04 Å². The second kappa shape index (κ2) is 6.88. The van der Waals surface area contributed by atoms with E-state index >= 15 is 0 Å². The second-order valence-electron chi connectivity index (χ2n) is 4.57. The molecular formula is C11H22NO2Si. The predicted molar refractivity (Wildman–Crippen MR) is 63.3 cm³/mol. The van der Waals surface area contributed by atoms with Crippen LogP contribution in [0, 0.1) is 0 Å². The molecule has 0 saturated heterocycles. The van der Waals surface area contributed by atoms with Gasteiger partial charge in [0.25, 0.3) is 0 Å². The summed E-state index contributed by atoms with van der Waals surface area (Å²) in [5.74, 6) is 0. The van der Waals surface area contributed by atoms with Gasteiger partial charge in [-0.15, -0.1) is 0 Å². The summed E-state index contributed by atoms with van der Waals surface area (Å²) in [6, 6.07) is 0.906. The van der Waals surface area contributed by atoms with Gasteiger partial charge < -0.3 is 9.64 Å². The molecule has 1 amide bonds. The van der Waals surface area contributed by atoms with Crippen LogP contribution < -0.4 is 0 Å². The van der Waals surface area contributed by atoms with Crippen LogP contribution >= 0.6 is 0 Å². The van der Waals surface area contributed by atoms with E-state index in [-0.39, 0.29) is 6.09 Å². The summed E-state index contributed by atoms with van der Waals surface area (Å²) >= 11 is 0. The summed E-state index contributed by atoms with van der Waals surface area (Å²) in [4.78, 5) is 13.5. The molecule has 0 aromatic carbocycles. The average Bonchev–Trinajstić information content (AvgIpc) is 2.09. The molecule has 15 heavy (non-hydrogen) atoms. The Balaban J connectivity index is 4.15. The van der Waals surface area contributed by atoms with Crippen LogP contribution in [0.5, 0.6) is 0 Å². The molecule has 0 fully saturated rings. The van der Waals surface area contributed by atoms with Crippen molar-refractivity contribution < 1.29 is 9.53 Å². The van der Waals surface area contributed by atoms with Crippen LogP contribution in [0.3, 0.4) is 0 Å². The third kappa shape index (κ3) is 7.42. The van der Waals surface area contributed by atoms with Gasteiger partial charge in [0, 0.05) is 23.3 Å². The number of ether oxygens (including phenoxy) is 1. The molecule has 0 aromatic rings. The van der Waals surface area contributed by atoms with E-state index < -0.39 is 5.60 Å². The molecule has 0 rings (SSSR count). The molecule has 0 aliphatic carbocycles. The van der Waals surface area contributed by atoms with Gasteiger partial charge in [-0.2, -0.15) is 0 Å². The molecule has 0 unspecified atom stereocenters. The number of hydrogen-bond acceptors (Lipinski definition) is 2. The van der Waals surface area contributed by atoms with Crippen molar-refractivity contribution in [1.82, 2.24) is 4.90 Å². The molecule has 0 aliphatic rings. The summed E-state index contributed by atoms with van der Waals surface area (Å²) < 4.78 is 5.32. The Kier molecular flexibility index (Phi) is 6.64. The summed E-state index contributed by atoms with van der Waals surface area (Å²) in [6.07, 6.45) is 1.71. The van der Waals surface area contributed by atoms with Gasteiger partial charge in [0.2, 0.25) is 0 Å². The van der Waals surface area contributed by atoms with Crippen molar-refractivity contribution in [3.05, 3.63) is 0 Å². The molecule has 0 N–H and O–H groups in total. The number of carbonyl (C=O) groups excluding carboxylic acids is 1. The largest absolute Gasteiger partial charge is 0.444 e. The fourth-order valence-electron chi connectivity index (χ4n) is 1.16. The highest BCUT2D eigenvalue weighted by atomic mass is 28.1.